The van der Waals surface area contributed by atoms with Gasteiger partial charge in [0, 0.05) is 23.6 Å². The lowest BCUT2D eigenvalue weighted by Crippen LogP contribution is -2.26. The number of H-pyrrole nitrogens is 1. The van der Waals surface area contributed by atoms with Crippen LogP contribution in [-0.4, -0.2) is 17.4 Å². The molecule has 0 aliphatic rings. The Morgan fingerprint density at radius 3 is 2.93 bits per heavy atom. The number of aryl methyl sites for hydroxylation is 1. The van der Waals surface area contributed by atoms with Gasteiger partial charge in [-0.2, -0.15) is 0 Å². The van der Waals surface area contributed by atoms with E-state index in [0.29, 0.717) is 24.3 Å². The molecule has 0 unspecified atom stereocenters. The Balaban J connectivity index is 1.36. The zero-order valence-corrected chi connectivity index (χ0v) is 16.0. The highest BCUT2D eigenvalue weighted by Crippen LogP contribution is 2.21. The Labute approximate surface area is 167 Å². The van der Waals surface area contributed by atoms with E-state index in [9.17, 15) is 9.18 Å². The van der Waals surface area contributed by atoms with Crippen LogP contribution in [-0.2, 0) is 13.0 Å². The largest absolute Gasteiger partial charge is 0.485 e. The Bertz CT molecular complexity index is 1150. The Morgan fingerprint density at radius 2 is 2.07 bits per heavy atom. The number of nitrogens with one attached hydrogen (secondary N) is 2. The molecule has 2 aromatic heterocycles. The number of hydrogen-bond donors (Lipinski definition) is 2. The van der Waals surface area contributed by atoms with Crippen LogP contribution in [0.2, 0.25) is 0 Å². The van der Waals surface area contributed by atoms with E-state index in [1.54, 1.807) is 12.1 Å². The first kappa shape index (κ1) is 18.8. The maximum atomic E-state index is 13.5. The predicted molar refractivity (Wildman–Crippen MR) is 109 cm³/mol. The van der Waals surface area contributed by atoms with Gasteiger partial charge < -0.3 is 19.5 Å². The van der Waals surface area contributed by atoms with Crippen LogP contribution < -0.4 is 10.1 Å². The van der Waals surface area contributed by atoms with Crippen molar-refractivity contribution in [3.05, 3.63) is 89.3 Å². The topological polar surface area (TPSA) is 67.3 Å². The van der Waals surface area contributed by atoms with E-state index in [-0.39, 0.29) is 18.3 Å². The number of ether oxygens (including phenoxy) is 1. The number of hydrogen-bond acceptors (Lipinski definition) is 3. The summed E-state index contributed by atoms with van der Waals surface area (Å²) in [5, 5.41) is 3.72. The molecule has 0 bridgehead atoms. The molecule has 0 saturated carbocycles. The molecule has 5 nitrogen and oxygen atoms in total. The number of fused-ring (bicyclic) bond motifs is 1. The summed E-state index contributed by atoms with van der Waals surface area (Å²) in [5.74, 6) is 0.717. The van der Waals surface area contributed by atoms with E-state index in [0.717, 1.165) is 27.8 Å². The second-order valence-corrected chi connectivity index (χ2v) is 6.82. The summed E-state index contributed by atoms with van der Waals surface area (Å²) in [6.07, 6.45) is 3.91. The molecular weight excluding hydrogens is 371 g/mol. The van der Waals surface area contributed by atoms with E-state index < -0.39 is 0 Å². The van der Waals surface area contributed by atoms with E-state index in [2.05, 4.69) is 10.3 Å². The van der Waals surface area contributed by atoms with Gasteiger partial charge in [0.05, 0.1) is 11.8 Å². The van der Waals surface area contributed by atoms with Crippen molar-refractivity contribution in [2.24, 2.45) is 0 Å². The van der Waals surface area contributed by atoms with Gasteiger partial charge in [0.2, 0.25) is 0 Å². The maximum Gasteiger partial charge on any atom is 0.254 e. The van der Waals surface area contributed by atoms with Crippen molar-refractivity contribution in [2.45, 2.75) is 20.0 Å². The molecule has 0 aliphatic heterocycles. The molecule has 2 heterocycles. The van der Waals surface area contributed by atoms with Crippen molar-refractivity contribution in [1.29, 1.82) is 0 Å². The number of aromatic amines is 1. The van der Waals surface area contributed by atoms with E-state index >= 15 is 0 Å². The molecule has 0 spiro atoms. The van der Waals surface area contributed by atoms with Crippen LogP contribution in [0.4, 0.5) is 4.39 Å². The molecule has 0 radical (unpaired) electrons. The van der Waals surface area contributed by atoms with Gasteiger partial charge in [-0.05, 0) is 54.8 Å². The number of aromatic nitrogens is 1. The number of furan rings is 1. The average molecular weight is 392 g/mol. The molecule has 6 heteroatoms. The highest BCUT2D eigenvalue weighted by molar-refractivity contribution is 5.95. The predicted octanol–water partition coefficient (Wildman–Crippen LogP) is 4.76. The van der Waals surface area contributed by atoms with Crippen LogP contribution in [0.5, 0.6) is 5.75 Å². The van der Waals surface area contributed by atoms with Gasteiger partial charge in [0.25, 0.3) is 5.91 Å². The number of amides is 1. The van der Waals surface area contributed by atoms with E-state index in [4.69, 9.17) is 9.15 Å². The van der Waals surface area contributed by atoms with Gasteiger partial charge in [-0.15, -0.1) is 0 Å². The monoisotopic (exact) mass is 392 g/mol. The van der Waals surface area contributed by atoms with Gasteiger partial charge in [0.1, 0.15) is 18.2 Å². The second-order valence-electron chi connectivity index (χ2n) is 6.82. The molecule has 0 atom stereocenters. The van der Waals surface area contributed by atoms with Crippen molar-refractivity contribution in [3.8, 4) is 5.75 Å². The molecule has 4 aromatic rings. The average Bonchev–Trinajstić information content (AvgIpc) is 3.34. The lowest BCUT2D eigenvalue weighted by Gasteiger charge is -2.09. The normalized spacial score (nSPS) is 11.0. The van der Waals surface area contributed by atoms with Crippen molar-refractivity contribution in [1.82, 2.24) is 10.3 Å². The van der Waals surface area contributed by atoms with Gasteiger partial charge in [-0.25, -0.2) is 4.39 Å². The van der Waals surface area contributed by atoms with Crippen LogP contribution >= 0.6 is 0 Å². The first-order chi connectivity index (χ1) is 14.1. The molecular formula is C23H21FN2O3. The minimum absolute atomic E-state index is 0.169. The lowest BCUT2D eigenvalue weighted by molar-refractivity contribution is 0.0949. The maximum absolute atomic E-state index is 13.5. The zero-order chi connectivity index (χ0) is 20.2. The van der Waals surface area contributed by atoms with Crippen LogP contribution in [0.3, 0.4) is 0 Å². The van der Waals surface area contributed by atoms with E-state index in [1.165, 1.54) is 18.4 Å². The van der Waals surface area contributed by atoms with Crippen LogP contribution in [0.1, 0.15) is 27.2 Å². The third-order valence-electron chi connectivity index (χ3n) is 4.85. The Kier molecular flexibility index (Phi) is 5.33. The molecule has 4 rings (SSSR count). The summed E-state index contributed by atoms with van der Waals surface area (Å²) in [6, 6.07) is 13.9. The van der Waals surface area contributed by atoms with Crippen molar-refractivity contribution in [2.75, 3.05) is 6.54 Å². The third-order valence-corrected chi connectivity index (χ3v) is 4.85. The fourth-order valence-corrected chi connectivity index (χ4v) is 3.28. The SMILES string of the molecule is Cc1ccccc1OCc1occc1C(=O)NCCc1c[nH]c2ccc(F)cc12. The fourth-order valence-electron chi connectivity index (χ4n) is 3.28. The van der Waals surface area contributed by atoms with Gasteiger partial charge in [0.15, 0.2) is 5.76 Å². The highest BCUT2D eigenvalue weighted by atomic mass is 19.1. The first-order valence-corrected chi connectivity index (χ1v) is 9.40. The number of rotatable bonds is 7. The summed E-state index contributed by atoms with van der Waals surface area (Å²) in [6.45, 7) is 2.55. The molecule has 0 saturated heterocycles. The quantitative estimate of drug-likeness (QED) is 0.477. The minimum Gasteiger partial charge on any atom is -0.485 e. The number of carbonyl (C=O) groups excluding carboxylic acids is 1. The molecule has 2 N–H and O–H groups in total. The van der Waals surface area contributed by atoms with Crippen LogP contribution in [0, 0.1) is 12.7 Å². The van der Waals surface area contributed by atoms with Gasteiger partial charge in [-0.1, -0.05) is 18.2 Å². The summed E-state index contributed by atoms with van der Waals surface area (Å²) in [7, 11) is 0. The Morgan fingerprint density at radius 1 is 1.21 bits per heavy atom. The summed E-state index contributed by atoms with van der Waals surface area (Å²) < 4.78 is 24.7. The first-order valence-electron chi connectivity index (χ1n) is 9.40. The molecule has 0 fully saturated rings. The molecule has 148 valence electrons. The number of carbonyl (C=O) groups is 1. The van der Waals surface area contributed by atoms with Crippen molar-refractivity contribution in [3.63, 3.8) is 0 Å². The summed E-state index contributed by atoms with van der Waals surface area (Å²) in [5.41, 5.74) is 3.29. The Hall–Kier alpha value is -3.54. The number of halogens is 1. The molecule has 0 aliphatic carbocycles. The standard InChI is InChI=1S/C23H21FN2O3/c1-15-4-2-3-5-21(15)29-14-22-18(9-11-28-22)23(27)25-10-8-16-13-26-20-7-6-17(24)12-19(16)20/h2-7,9,11-13,26H,8,10,14H2,1H3,(H,25,27). The molecule has 1 amide bonds. The van der Waals surface area contributed by atoms with Crippen molar-refractivity contribution >= 4 is 16.8 Å². The second kappa shape index (κ2) is 8.22. The number of para-hydroxylation sites is 1. The summed E-state index contributed by atoms with van der Waals surface area (Å²) in [4.78, 5) is 15.7. The number of benzene rings is 2. The van der Waals surface area contributed by atoms with Crippen LogP contribution in [0.15, 0.2) is 65.4 Å². The van der Waals surface area contributed by atoms with E-state index in [1.807, 2.05) is 37.4 Å². The smallest absolute Gasteiger partial charge is 0.254 e. The highest BCUT2D eigenvalue weighted by Gasteiger charge is 2.15. The lowest BCUT2D eigenvalue weighted by atomic mass is 10.1. The molecule has 2 aromatic carbocycles. The molecule has 29 heavy (non-hydrogen) atoms. The van der Waals surface area contributed by atoms with Crippen LogP contribution in [0.25, 0.3) is 10.9 Å². The summed E-state index contributed by atoms with van der Waals surface area (Å²) >= 11 is 0. The minimum atomic E-state index is -0.279. The fraction of sp³-hybridized carbons (Fsp3) is 0.174. The van der Waals surface area contributed by atoms with Gasteiger partial charge in [-0.3, -0.25) is 4.79 Å². The van der Waals surface area contributed by atoms with Gasteiger partial charge >= 0.3 is 0 Å². The third kappa shape index (κ3) is 4.16. The van der Waals surface area contributed by atoms with Crippen molar-refractivity contribution < 1.29 is 18.3 Å². The zero-order valence-electron chi connectivity index (χ0n) is 16.0.